The fourth-order valence-corrected chi connectivity index (χ4v) is 2.85. The van der Waals surface area contributed by atoms with Crippen LogP contribution >= 0.6 is 0 Å². The van der Waals surface area contributed by atoms with Crippen molar-refractivity contribution < 1.29 is 0 Å². The maximum atomic E-state index is 4.76. The van der Waals surface area contributed by atoms with Crippen LogP contribution in [-0.2, 0) is 6.42 Å². The molecule has 3 heterocycles. The number of unbranched alkanes of at least 4 members (excludes halogenated alkanes) is 1. The summed E-state index contributed by atoms with van der Waals surface area (Å²) in [5, 5.41) is 1.20. The largest absolute Gasteiger partial charge is 0.339 e. The molecule has 0 saturated carbocycles. The highest BCUT2D eigenvalue weighted by atomic mass is 15.1. The monoisotopic (exact) mass is 263 g/mol. The van der Waals surface area contributed by atoms with Crippen molar-refractivity contribution in [2.45, 2.75) is 26.2 Å². The summed E-state index contributed by atoms with van der Waals surface area (Å²) in [4.78, 5) is 8.24. The van der Waals surface area contributed by atoms with Gasteiger partial charge in [0.2, 0.25) is 0 Å². The highest BCUT2D eigenvalue weighted by Crippen LogP contribution is 2.26. The third kappa shape index (κ3) is 1.63. The first kappa shape index (κ1) is 11.5. The molecule has 0 saturated heterocycles. The van der Waals surface area contributed by atoms with E-state index in [1.165, 1.54) is 23.8 Å². The third-order valence-electron chi connectivity index (χ3n) is 3.93. The van der Waals surface area contributed by atoms with Gasteiger partial charge in [0.1, 0.15) is 16.8 Å². The summed E-state index contributed by atoms with van der Waals surface area (Å²) >= 11 is 0. The molecule has 0 fully saturated rings. The van der Waals surface area contributed by atoms with Crippen LogP contribution in [0.2, 0.25) is 0 Å². The zero-order valence-corrected chi connectivity index (χ0v) is 11.6. The molecular formula is C17H17N3. The molecule has 1 N–H and O–H groups in total. The van der Waals surface area contributed by atoms with Gasteiger partial charge in [0.25, 0.3) is 0 Å². The Morgan fingerprint density at radius 2 is 2.05 bits per heavy atom. The van der Waals surface area contributed by atoms with Gasteiger partial charge in [0.05, 0.1) is 0 Å². The first-order valence-corrected chi connectivity index (χ1v) is 7.24. The highest BCUT2D eigenvalue weighted by molar-refractivity contribution is 6.05. The molecule has 0 aliphatic rings. The van der Waals surface area contributed by atoms with Crippen molar-refractivity contribution in [3.63, 3.8) is 0 Å². The zero-order valence-electron chi connectivity index (χ0n) is 11.6. The van der Waals surface area contributed by atoms with Gasteiger partial charge in [-0.3, -0.25) is 4.40 Å². The van der Waals surface area contributed by atoms with Crippen molar-refractivity contribution >= 4 is 27.7 Å². The predicted octanol–water partition coefficient (Wildman–Crippen LogP) is 4.31. The number of H-pyrrole nitrogens is 1. The Morgan fingerprint density at radius 1 is 1.15 bits per heavy atom. The van der Waals surface area contributed by atoms with Crippen molar-refractivity contribution in [1.29, 1.82) is 0 Å². The van der Waals surface area contributed by atoms with Crippen LogP contribution < -0.4 is 0 Å². The summed E-state index contributed by atoms with van der Waals surface area (Å²) in [6, 6.07) is 12.7. The van der Waals surface area contributed by atoms with Crippen LogP contribution in [0.15, 0.2) is 42.6 Å². The lowest BCUT2D eigenvalue weighted by molar-refractivity contribution is 0.791. The topological polar surface area (TPSA) is 33.1 Å². The molecule has 4 aromatic rings. The average Bonchev–Trinajstić information content (AvgIpc) is 3.01. The van der Waals surface area contributed by atoms with Crippen LogP contribution in [0.4, 0.5) is 0 Å². The van der Waals surface area contributed by atoms with Gasteiger partial charge in [-0.2, -0.15) is 0 Å². The summed E-state index contributed by atoms with van der Waals surface area (Å²) in [7, 11) is 0. The molecule has 1 aromatic carbocycles. The smallest absolute Gasteiger partial charge is 0.143 e. The van der Waals surface area contributed by atoms with E-state index in [0.29, 0.717) is 0 Å². The van der Waals surface area contributed by atoms with Gasteiger partial charge in [-0.15, -0.1) is 0 Å². The number of fused-ring (bicyclic) bond motifs is 5. The van der Waals surface area contributed by atoms with E-state index in [4.69, 9.17) is 4.98 Å². The molecule has 3 aromatic heterocycles. The number of imidazole rings is 1. The van der Waals surface area contributed by atoms with Crippen LogP contribution in [0, 0.1) is 0 Å². The van der Waals surface area contributed by atoms with Crippen LogP contribution in [0.25, 0.3) is 27.7 Å². The number of hydrogen-bond donors (Lipinski definition) is 1. The Kier molecular flexibility index (Phi) is 2.52. The van der Waals surface area contributed by atoms with Crippen LogP contribution in [0.3, 0.4) is 0 Å². The van der Waals surface area contributed by atoms with Crippen LogP contribution in [0.1, 0.15) is 25.3 Å². The van der Waals surface area contributed by atoms with Crippen molar-refractivity contribution in [2.24, 2.45) is 0 Å². The normalized spacial score (nSPS) is 11.8. The van der Waals surface area contributed by atoms with Crippen molar-refractivity contribution in [3.8, 4) is 0 Å². The van der Waals surface area contributed by atoms with Crippen LogP contribution in [-0.4, -0.2) is 14.4 Å². The molecule has 0 bridgehead atoms. The Bertz CT molecular complexity index is 898. The minimum atomic E-state index is 1.01. The number of benzene rings is 1. The van der Waals surface area contributed by atoms with Gasteiger partial charge in [-0.25, -0.2) is 4.98 Å². The molecule has 100 valence electrons. The molecule has 0 atom stereocenters. The number of nitrogens with zero attached hydrogens (tertiary/aromatic N) is 2. The number of pyridine rings is 1. The van der Waals surface area contributed by atoms with Gasteiger partial charge >= 0.3 is 0 Å². The summed E-state index contributed by atoms with van der Waals surface area (Å²) in [6.45, 7) is 2.23. The number of para-hydroxylation sites is 1. The third-order valence-corrected chi connectivity index (χ3v) is 3.93. The second-order valence-corrected chi connectivity index (χ2v) is 5.35. The molecule has 0 amide bonds. The van der Waals surface area contributed by atoms with Crippen molar-refractivity contribution in [1.82, 2.24) is 14.4 Å². The van der Waals surface area contributed by atoms with E-state index in [0.717, 1.165) is 28.7 Å². The molecule has 0 aliphatic heterocycles. The van der Waals surface area contributed by atoms with Crippen molar-refractivity contribution in [2.75, 3.05) is 0 Å². The Labute approximate surface area is 117 Å². The van der Waals surface area contributed by atoms with E-state index in [2.05, 4.69) is 58.9 Å². The fraction of sp³-hybridized carbons (Fsp3) is 0.235. The van der Waals surface area contributed by atoms with Gasteiger partial charge in [0.15, 0.2) is 0 Å². The standard InChI is InChI=1S/C17H17N3/c1-2-3-6-12-9-10-15-19-16-13-7-4-5-8-14(13)18-17(16)20(15)11-12/h4-5,7-11,18H,2-3,6H2,1H3. The van der Waals surface area contributed by atoms with Gasteiger partial charge in [0, 0.05) is 17.1 Å². The minimum absolute atomic E-state index is 1.01. The first-order valence-electron chi connectivity index (χ1n) is 7.24. The second kappa shape index (κ2) is 4.37. The number of nitrogens with one attached hydrogen (secondary N) is 1. The number of aromatic amines is 1. The zero-order chi connectivity index (χ0) is 13.5. The first-order chi connectivity index (χ1) is 9.86. The number of aryl methyl sites for hydroxylation is 1. The number of rotatable bonds is 3. The molecule has 3 nitrogen and oxygen atoms in total. The lowest BCUT2D eigenvalue weighted by atomic mass is 10.1. The highest BCUT2D eigenvalue weighted by Gasteiger charge is 2.10. The maximum absolute atomic E-state index is 4.76. The van der Waals surface area contributed by atoms with E-state index < -0.39 is 0 Å². The summed E-state index contributed by atoms with van der Waals surface area (Å²) in [6.07, 6.45) is 5.81. The molecule has 0 spiro atoms. The number of hydrogen-bond acceptors (Lipinski definition) is 1. The van der Waals surface area contributed by atoms with Gasteiger partial charge in [-0.1, -0.05) is 37.6 Å². The van der Waals surface area contributed by atoms with E-state index in [1.54, 1.807) is 0 Å². The minimum Gasteiger partial charge on any atom is -0.339 e. The quantitative estimate of drug-likeness (QED) is 0.587. The molecule has 0 radical (unpaired) electrons. The Hall–Kier alpha value is -2.29. The van der Waals surface area contributed by atoms with Gasteiger partial charge in [-0.05, 0) is 30.5 Å². The molecule has 3 heteroatoms. The van der Waals surface area contributed by atoms with E-state index in [9.17, 15) is 0 Å². The molecule has 20 heavy (non-hydrogen) atoms. The van der Waals surface area contributed by atoms with E-state index in [-0.39, 0.29) is 0 Å². The van der Waals surface area contributed by atoms with Crippen LogP contribution in [0.5, 0.6) is 0 Å². The maximum Gasteiger partial charge on any atom is 0.143 e. The Morgan fingerprint density at radius 3 is 2.95 bits per heavy atom. The van der Waals surface area contributed by atoms with E-state index in [1.807, 2.05) is 0 Å². The molecule has 4 rings (SSSR count). The lowest BCUT2D eigenvalue weighted by Crippen LogP contribution is -1.91. The Balaban J connectivity index is 1.98. The second-order valence-electron chi connectivity index (χ2n) is 5.35. The lowest BCUT2D eigenvalue weighted by Gasteiger charge is -2.01. The summed E-state index contributed by atoms with van der Waals surface area (Å²) < 4.78 is 2.18. The number of aromatic nitrogens is 3. The SMILES string of the molecule is CCCCc1ccc2nc3c4ccccc4[nH]c3n2c1. The van der Waals surface area contributed by atoms with E-state index >= 15 is 0 Å². The van der Waals surface area contributed by atoms with Crippen molar-refractivity contribution in [3.05, 3.63) is 48.2 Å². The summed E-state index contributed by atoms with van der Waals surface area (Å²) in [5.41, 5.74) is 5.70. The molecule has 0 aliphatic carbocycles. The molecular weight excluding hydrogens is 246 g/mol. The summed E-state index contributed by atoms with van der Waals surface area (Å²) in [5.74, 6) is 0. The molecule has 0 unspecified atom stereocenters. The van der Waals surface area contributed by atoms with Gasteiger partial charge < -0.3 is 4.98 Å². The average molecular weight is 263 g/mol. The fourth-order valence-electron chi connectivity index (χ4n) is 2.85. The predicted molar refractivity (Wildman–Crippen MR) is 83.2 cm³/mol.